The van der Waals surface area contributed by atoms with E-state index in [1.807, 2.05) is 4.90 Å². The van der Waals surface area contributed by atoms with Gasteiger partial charge in [0.1, 0.15) is 22.6 Å². The maximum Gasteiger partial charge on any atom is 0.350 e. The fourth-order valence-electron chi connectivity index (χ4n) is 4.18. The Kier molecular flexibility index (Phi) is 9.41. The summed E-state index contributed by atoms with van der Waals surface area (Å²) in [5.74, 6) is -0.282. The number of halogens is 2. The van der Waals surface area contributed by atoms with Crippen molar-refractivity contribution in [1.82, 2.24) is 30.0 Å². The van der Waals surface area contributed by atoms with Crippen LogP contribution in [0.2, 0.25) is 5.02 Å². The number of thiazole rings is 1. The second-order valence-corrected chi connectivity index (χ2v) is 10.7. The monoisotopic (exact) mass is 629 g/mol. The molecule has 1 saturated heterocycles. The molecule has 206 valence electrons. The Bertz CT molecular complexity index is 1300. The molecule has 1 aliphatic heterocycles. The lowest BCUT2D eigenvalue weighted by Gasteiger charge is -2.37. The number of hydrogen-bond acceptors (Lipinski definition) is 10. The molecule has 3 aromatic rings. The van der Waals surface area contributed by atoms with Crippen LogP contribution in [0.15, 0.2) is 10.8 Å². The standard InChI is InChI=1S/C23H29BrClN7O5S/c1-5-37-22(34)19-18(20-26-11-27-32(20)8-9-35-3)30-23(38-19)31-7-6-13(14(10-31)36-4)29-21(33)17-15(24)16(25)12(2)28-17/h11,13-14,28H,5-10H2,1-4H3,(H,29,33)/t13-,14+/m1/s1. The van der Waals surface area contributed by atoms with Crippen LogP contribution in [0.25, 0.3) is 11.5 Å². The van der Waals surface area contributed by atoms with Gasteiger partial charge in [-0.2, -0.15) is 5.10 Å². The van der Waals surface area contributed by atoms with Crippen LogP contribution in [-0.2, 0) is 20.8 Å². The molecule has 0 radical (unpaired) electrons. The topological polar surface area (TPSA) is 136 Å². The Hall–Kier alpha value is -2.52. The molecule has 4 rings (SSSR count). The van der Waals surface area contributed by atoms with Gasteiger partial charge in [0.05, 0.1) is 41.4 Å². The van der Waals surface area contributed by atoms with Gasteiger partial charge in [0.25, 0.3) is 5.91 Å². The molecule has 3 aromatic heterocycles. The normalized spacial score (nSPS) is 17.6. The second-order valence-electron chi connectivity index (χ2n) is 8.54. The van der Waals surface area contributed by atoms with Gasteiger partial charge in [-0.1, -0.05) is 22.9 Å². The number of hydrogen-bond donors (Lipinski definition) is 2. The number of esters is 1. The molecule has 1 fully saturated rings. The first-order valence-corrected chi connectivity index (χ1v) is 13.9. The Morgan fingerprint density at radius 1 is 1.37 bits per heavy atom. The molecule has 12 nitrogen and oxygen atoms in total. The Labute approximate surface area is 237 Å². The van der Waals surface area contributed by atoms with Crippen molar-refractivity contribution in [2.45, 2.75) is 39.0 Å². The first-order valence-electron chi connectivity index (χ1n) is 12.0. The summed E-state index contributed by atoms with van der Waals surface area (Å²) in [7, 11) is 3.21. The van der Waals surface area contributed by atoms with E-state index in [1.54, 1.807) is 32.7 Å². The van der Waals surface area contributed by atoms with Crippen molar-refractivity contribution in [2.24, 2.45) is 0 Å². The molecule has 15 heteroatoms. The molecule has 0 unspecified atom stereocenters. The van der Waals surface area contributed by atoms with E-state index in [1.165, 1.54) is 17.7 Å². The lowest BCUT2D eigenvalue weighted by molar-refractivity contribution is 0.0531. The molecule has 0 spiro atoms. The van der Waals surface area contributed by atoms with Crippen molar-refractivity contribution in [3.05, 3.63) is 32.1 Å². The van der Waals surface area contributed by atoms with E-state index in [0.717, 1.165) is 0 Å². The Morgan fingerprint density at radius 2 is 2.16 bits per heavy atom. The van der Waals surface area contributed by atoms with Crippen LogP contribution in [0, 0.1) is 6.92 Å². The molecule has 1 aliphatic rings. The predicted octanol–water partition coefficient (Wildman–Crippen LogP) is 3.30. The molecule has 0 aliphatic carbocycles. The van der Waals surface area contributed by atoms with Gasteiger partial charge in [0.15, 0.2) is 11.0 Å². The zero-order valence-electron chi connectivity index (χ0n) is 21.4. The highest BCUT2D eigenvalue weighted by Gasteiger charge is 2.34. The molecule has 38 heavy (non-hydrogen) atoms. The molecule has 0 bridgehead atoms. The molecular weight excluding hydrogens is 602 g/mol. The third-order valence-electron chi connectivity index (χ3n) is 6.14. The summed E-state index contributed by atoms with van der Waals surface area (Å²) >= 11 is 10.8. The molecule has 2 atom stereocenters. The number of methoxy groups -OCH3 is 2. The minimum Gasteiger partial charge on any atom is -0.462 e. The van der Waals surface area contributed by atoms with Crippen LogP contribution in [0.5, 0.6) is 0 Å². The highest BCUT2D eigenvalue weighted by molar-refractivity contribution is 9.10. The number of carbonyl (C=O) groups excluding carboxylic acids is 2. The number of H-pyrrole nitrogens is 1. The van der Waals surface area contributed by atoms with E-state index < -0.39 is 5.97 Å². The third kappa shape index (κ3) is 5.88. The SMILES string of the molecule is CCOC(=O)c1sc(N2CC[C@@H](NC(=O)c3[nH]c(C)c(Cl)c3Br)[C@@H](OC)C2)nc1-c1ncnn1CCOC. The van der Waals surface area contributed by atoms with E-state index in [4.69, 9.17) is 30.8 Å². The quantitative estimate of drug-likeness (QED) is 0.323. The summed E-state index contributed by atoms with van der Waals surface area (Å²) in [5, 5.41) is 8.41. The number of amides is 1. The van der Waals surface area contributed by atoms with E-state index in [2.05, 4.69) is 36.3 Å². The summed E-state index contributed by atoms with van der Waals surface area (Å²) in [6, 6.07) is -0.237. The van der Waals surface area contributed by atoms with Gasteiger partial charge >= 0.3 is 5.97 Å². The zero-order valence-corrected chi connectivity index (χ0v) is 24.6. The summed E-state index contributed by atoms with van der Waals surface area (Å²) in [5.41, 5.74) is 1.48. The number of aromatic amines is 1. The van der Waals surface area contributed by atoms with Crippen molar-refractivity contribution in [3.63, 3.8) is 0 Å². The maximum absolute atomic E-state index is 12.9. The number of ether oxygens (including phenoxy) is 3. The van der Waals surface area contributed by atoms with Crippen LogP contribution in [-0.4, -0.2) is 89.3 Å². The van der Waals surface area contributed by atoms with Gasteiger partial charge < -0.3 is 29.4 Å². The number of nitrogens with zero attached hydrogens (tertiary/aromatic N) is 5. The molecule has 2 N–H and O–H groups in total. The van der Waals surface area contributed by atoms with E-state index >= 15 is 0 Å². The predicted molar refractivity (Wildman–Crippen MR) is 146 cm³/mol. The molecule has 1 amide bonds. The zero-order chi connectivity index (χ0) is 27.4. The highest BCUT2D eigenvalue weighted by atomic mass is 79.9. The highest BCUT2D eigenvalue weighted by Crippen LogP contribution is 2.35. The molecule has 0 saturated carbocycles. The van der Waals surface area contributed by atoms with Crippen molar-refractivity contribution >= 4 is 55.9 Å². The Balaban J connectivity index is 1.55. The molecular formula is C23H29BrClN7O5S. The number of aromatic nitrogens is 5. The van der Waals surface area contributed by atoms with Crippen molar-refractivity contribution in [2.75, 3.05) is 45.4 Å². The first kappa shape index (κ1) is 28.5. The van der Waals surface area contributed by atoms with Gasteiger partial charge in [-0.25, -0.2) is 19.4 Å². The Morgan fingerprint density at radius 3 is 2.82 bits per heavy atom. The van der Waals surface area contributed by atoms with Gasteiger partial charge in [0.2, 0.25) is 0 Å². The number of anilines is 1. The average molecular weight is 631 g/mol. The van der Waals surface area contributed by atoms with Crippen LogP contribution < -0.4 is 10.2 Å². The van der Waals surface area contributed by atoms with Gasteiger partial charge in [-0.15, -0.1) is 0 Å². The summed E-state index contributed by atoms with van der Waals surface area (Å²) in [6.07, 6.45) is 1.70. The fourth-order valence-corrected chi connectivity index (χ4v) is 5.89. The fraction of sp³-hybridized carbons (Fsp3) is 0.522. The number of piperidine rings is 1. The minimum absolute atomic E-state index is 0.236. The van der Waals surface area contributed by atoms with E-state index in [9.17, 15) is 9.59 Å². The lowest BCUT2D eigenvalue weighted by atomic mass is 10.0. The van der Waals surface area contributed by atoms with Crippen LogP contribution in [0.1, 0.15) is 39.2 Å². The number of nitrogens with one attached hydrogen (secondary N) is 2. The first-order chi connectivity index (χ1) is 18.3. The molecule has 0 aromatic carbocycles. The van der Waals surface area contributed by atoms with Gasteiger partial charge in [0, 0.05) is 33.0 Å². The minimum atomic E-state index is -0.469. The van der Waals surface area contributed by atoms with Crippen molar-refractivity contribution in [1.29, 1.82) is 0 Å². The second kappa shape index (κ2) is 12.6. The van der Waals surface area contributed by atoms with Crippen LogP contribution >= 0.6 is 38.9 Å². The number of carbonyl (C=O) groups is 2. The number of rotatable bonds is 10. The lowest BCUT2D eigenvalue weighted by Crippen LogP contribution is -2.55. The van der Waals surface area contributed by atoms with Crippen LogP contribution in [0.3, 0.4) is 0 Å². The van der Waals surface area contributed by atoms with Crippen LogP contribution in [0.4, 0.5) is 5.13 Å². The van der Waals surface area contributed by atoms with Gasteiger partial charge in [-0.05, 0) is 36.2 Å². The summed E-state index contributed by atoms with van der Waals surface area (Å²) in [4.78, 5) is 40.3. The van der Waals surface area contributed by atoms with Crippen molar-refractivity contribution < 1.29 is 23.8 Å². The van der Waals surface area contributed by atoms with Gasteiger partial charge in [-0.3, -0.25) is 4.79 Å². The largest absolute Gasteiger partial charge is 0.462 e. The van der Waals surface area contributed by atoms with E-state index in [0.29, 0.717) is 75.1 Å². The maximum atomic E-state index is 12.9. The van der Waals surface area contributed by atoms with Crippen molar-refractivity contribution in [3.8, 4) is 11.5 Å². The van der Waals surface area contributed by atoms with E-state index in [-0.39, 0.29) is 24.7 Å². The third-order valence-corrected chi connectivity index (χ3v) is 8.73. The average Bonchev–Trinajstić information content (AvgIpc) is 3.62. The smallest absolute Gasteiger partial charge is 0.350 e. The summed E-state index contributed by atoms with van der Waals surface area (Å²) in [6.45, 7) is 5.72. The number of aryl methyl sites for hydroxylation is 1. The molecule has 4 heterocycles. The summed E-state index contributed by atoms with van der Waals surface area (Å²) < 4.78 is 18.4.